The molecular formula is C18H30Cl6O2. The Bertz CT molecular complexity index is 372. The molecule has 2 nitrogen and oxygen atoms in total. The van der Waals surface area contributed by atoms with Crippen LogP contribution in [0.15, 0.2) is 0 Å². The molecule has 6 atom stereocenters. The number of alkyl halides is 6. The molecule has 0 heterocycles. The Labute approximate surface area is 188 Å². The fraction of sp³-hybridized carbons (Fsp3) is 0.944. The summed E-state index contributed by atoms with van der Waals surface area (Å²) in [6, 6.07) is 0. The summed E-state index contributed by atoms with van der Waals surface area (Å²) in [6.45, 7) is 1.98. The maximum Gasteiger partial charge on any atom is 0.303 e. The third-order valence-corrected chi connectivity index (χ3v) is 7.79. The van der Waals surface area contributed by atoms with Gasteiger partial charge >= 0.3 is 5.97 Å². The van der Waals surface area contributed by atoms with Crippen molar-refractivity contribution in [1.29, 1.82) is 0 Å². The van der Waals surface area contributed by atoms with Crippen molar-refractivity contribution in [2.45, 2.75) is 103 Å². The molecule has 0 fully saturated rings. The second kappa shape index (κ2) is 16.1. The molecule has 156 valence electrons. The molecule has 0 aliphatic rings. The van der Waals surface area contributed by atoms with Crippen LogP contribution in [0.5, 0.6) is 0 Å². The van der Waals surface area contributed by atoms with Crippen LogP contribution in [0, 0.1) is 0 Å². The van der Waals surface area contributed by atoms with Gasteiger partial charge in [0.1, 0.15) is 0 Å². The van der Waals surface area contributed by atoms with Crippen molar-refractivity contribution in [2.24, 2.45) is 0 Å². The molecule has 0 aromatic rings. The van der Waals surface area contributed by atoms with Crippen LogP contribution in [0.25, 0.3) is 0 Å². The van der Waals surface area contributed by atoms with Gasteiger partial charge in [-0.05, 0) is 32.1 Å². The zero-order chi connectivity index (χ0) is 20.1. The van der Waals surface area contributed by atoms with Crippen LogP contribution < -0.4 is 0 Å². The molecule has 0 aliphatic heterocycles. The quantitative estimate of drug-likeness (QED) is 0.178. The highest BCUT2D eigenvalue weighted by Gasteiger charge is 2.28. The standard InChI is InChI=1S/C18H30Cl6O2/c1-2-12(19)14(21)10-16(23)17(24)11-15(22)13(20)8-6-4-3-5-7-9-18(25)26/h12-17H,2-11H2,1H3,(H,25,26). The summed E-state index contributed by atoms with van der Waals surface area (Å²) in [7, 11) is 0. The van der Waals surface area contributed by atoms with Gasteiger partial charge in [-0.15, -0.1) is 69.6 Å². The molecule has 0 aromatic carbocycles. The number of halogens is 6. The summed E-state index contributed by atoms with van der Waals surface area (Å²) in [5, 5.41) is 7.23. The number of carboxylic acids is 1. The summed E-state index contributed by atoms with van der Waals surface area (Å²) in [6.07, 6.45) is 7.55. The van der Waals surface area contributed by atoms with Crippen LogP contribution in [0.4, 0.5) is 0 Å². The lowest BCUT2D eigenvalue weighted by molar-refractivity contribution is -0.137. The van der Waals surface area contributed by atoms with E-state index in [1.54, 1.807) is 0 Å². The summed E-state index contributed by atoms with van der Waals surface area (Å²) in [4.78, 5) is 10.4. The zero-order valence-electron chi connectivity index (χ0n) is 15.2. The fourth-order valence-electron chi connectivity index (χ4n) is 2.60. The van der Waals surface area contributed by atoms with E-state index in [-0.39, 0.29) is 38.7 Å². The van der Waals surface area contributed by atoms with Crippen molar-refractivity contribution in [3.8, 4) is 0 Å². The van der Waals surface area contributed by atoms with Crippen molar-refractivity contribution >= 4 is 75.6 Å². The van der Waals surface area contributed by atoms with E-state index in [0.717, 1.165) is 44.9 Å². The van der Waals surface area contributed by atoms with Gasteiger partial charge in [0.15, 0.2) is 0 Å². The first kappa shape index (κ1) is 27.2. The van der Waals surface area contributed by atoms with Crippen molar-refractivity contribution in [2.75, 3.05) is 0 Å². The lowest BCUT2D eigenvalue weighted by Gasteiger charge is -2.24. The molecule has 0 rings (SSSR count). The molecule has 0 bridgehead atoms. The van der Waals surface area contributed by atoms with E-state index in [2.05, 4.69) is 0 Å². The third-order valence-electron chi connectivity index (χ3n) is 4.34. The highest BCUT2D eigenvalue weighted by atomic mass is 35.5. The molecule has 1 N–H and O–H groups in total. The monoisotopic (exact) mass is 488 g/mol. The summed E-state index contributed by atoms with van der Waals surface area (Å²) < 4.78 is 0. The Morgan fingerprint density at radius 2 is 1.12 bits per heavy atom. The van der Waals surface area contributed by atoms with Crippen LogP contribution in [0.3, 0.4) is 0 Å². The van der Waals surface area contributed by atoms with Gasteiger partial charge in [-0.3, -0.25) is 4.79 Å². The number of aliphatic carboxylic acids is 1. The van der Waals surface area contributed by atoms with Gasteiger partial charge in [0, 0.05) is 17.2 Å². The molecule has 0 aliphatic carbocycles. The molecule has 0 aromatic heterocycles. The number of hydrogen-bond acceptors (Lipinski definition) is 1. The van der Waals surface area contributed by atoms with Gasteiger partial charge in [-0.2, -0.15) is 0 Å². The van der Waals surface area contributed by atoms with Crippen molar-refractivity contribution in [3.05, 3.63) is 0 Å². The number of carbonyl (C=O) groups is 1. The van der Waals surface area contributed by atoms with Gasteiger partial charge in [-0.1, -0.05) is 32.6 Å². The van der Waals surface area contributed by atoms with Crippen molar-refractivity contribution in [3.63, 3.8) is 0 Å². The first-order chi connectivity index (χ1) is 12.2. The van der Waals surface area contributed by atoms with E-state index < -0.39 is 5.97 Å². The number of rotatable bonds is 16. The summed E-state index contributed by atoms with van der Waals surface area (Å²) >= 11 is 37.9. The summed E-state index contributed by atoms with van der Waals surface area (Å²) in [5.74, 6) is -0.735. The summed E-state index contributed by atoms with van der Waals surface area (Å²) in [5.41, 5.74) is 0. The molecule has 6 unspecified atom stereocenters. The van der Waals surface area contributed by atoms with E-state index in [4.69, 9.17) is 74.7 Å². The largest absolute Gasteiger partial charge is 0.481 e. The Hall–Kier alpha value is 1.21. The minimum absolute atomic E-state index is 0.121. The number of hydrogen-bond donors (Lipinski definition) is 1. The topological polar surface area (TPSA) is 37.3 Å². The van der Waals surface area contributed by atoms with Gasteiger partial charge in [0.25, 0.3) is 0 Å². The van der Waals surface area contributed by atoms with Gasteiger partial charge in [0.2, 0.25) is 0 Å². The number of unbranched alkanes of at least 4 members (excludes halogenated alkanes) is 4. The minimum Gasteiger partial charge on any atom is -0.481 e. The lowest BCUT2D eigenvalue weighted by Crippen LogP contribution is -2.28. The lowest BCUT2D eigenvalue weighted by atomic mass is 10.0. The van der Waals surface area contributed by atoms with Crippen molar-refractivity contribution in [1.82, 2.24) is 0 Å². The average Bonchev–Trinajstić information content (AvgIpc) is 2.59. The Kier molecular flexibility index (Phi) is 16.8. The first-order valence-electron chi connectivity index (χ1n) is 9.25. The maximum absolute atomic E-state index is 10.4. The highest BCUT2D eigenvalue weighted by Crippen LogP contribution is 2.30. The van der Waals surface area contributed by atoms with E-state index >= 15 is 0 Å². The maximum atomic E-state index is 10.4. The molecule has 8 heteroatoms. The normalized spacial score (nSPS) is 18.7. The van der Waals surface area contributed by atoms with Gasteiger partial charge < -0.3 is 5.11 Å². The van der Waals surface area contributed by atoms with Crippen LogP contribution in [-0.2, 0) is 4.79 Å². The predicted molar refractivity (Wildman–Crippen MR) is 117 cm³/mol. The van der Waals surface area contributed by atoms with Gasteiger partial charge in [-0.25, -0.2) is 0 Å². The average molecular weight is 491 g/mol. The second-order valence-corrected chi connectivity index (χ2v) is 10.0. The molecule has 0 saturated heterocycles. The van der Waals surface area contributed by atoms with Crippen molar-refractivity contribution < 1.29 is 9.90 Å². The Balaban J connectivity index is 3.94. The SMILES string of the molecule is CCC(Cl)C(Cl)CC(Cl)C(Cl)CC(Cl)C(Cl)CCCCCCCC(=O)O. The fourth-order valence-corrected chi connectivity index (χ4v) is 4.42. The predicted octanol–water partition coefficient (Wildman–Crippen LogP) is 7.64. The molecule has 0 radical (unpaired) electrons. The minimum atomic E-state index is -0.735. The van der Waals surface area contributed by atoms with Crippen LogP contribution in [0.2, 0.25) is 0 Å². The molecule has 0 amide bonds. The van der Waals surface area contributed by atoms with Crippen LogP contribution in [0.1, 0.15) is 71.1 Å². The highest BCUT2D eigenvalue weighted by molar-refractivity contribution is 6.33. The van der Waals surface area contributed by atoms with E-state index in [9.17, 15) is 4.79 Å². The second-order valence-electron chi connectivity index (χ2n) is 6.68. The number of carboxylic acid groups (broad SMARTS) is 1. The third kappa shape index (κ3) is 13.4. The Morgan fingerprint density at radius 1 is 0.692 bits per heavy atom. The van der Waals surface area contributed by atoms with E-state index in [1.165, 1.54) is 0 Å². The van der Waals surface area contributed by atoms with E-state index in [1.807, 2.05) is 6.92 Å². The molecule has 26 heavy (non-hydrogen) atoms. The van der Waals surface area contributed by atoms with Crippen LogP contribution in [-0.4, -0.2) is 43.3 Å². The smallest absolute Gasteiger partial charge is 0.303 e. The Morgan fingerprint density at radius 3 is 1.62 bits per heavy atom. The first-order valence-corrected chi connectivity index (χ1v) is 11.9. The van der Waals surface area contributed by atoms with E-state index in [0.29, 0.717) is 12.8 Å². The van der Waals surface area contributed by atoms with Gasteiger partial charge in [0.05, 0.1) is 21.5 Å². The molecule has 0 spiro atoms. The van der Waals surface area contributed by atoms with Crippen LogP contribution >= 0.6 is 69.6 Å². The zero-order valence-corrected chi connectivity index (χ0v) is 19.7. The molecule has 0 saturated carbocycles. The molecular weight excluding hydrogens is 461 g/mol.